The summed E-state index contributed by atoms with van der Waals surface area (Å²) in [7, 11) is 0. The lowest BCUT2D eigenvalue weighted by Gasteiger charge is -2.09. The van der Waals surface area contributed by atoms with Crippen molar-refractivity contribution in [3.63, 3.8) is 0 Å². The molecule has 3 nitrogen and oxygen atoms in total. The van der Waals surface area contributed by atoms with Crippen molar-refractivity contribution < 1.29 is 14.6 Å². The number of benzene rings is 1. The maximum absolute atomic E-state index is 10.3. The Bertz CT molecular complexity index is 346. The van der Waals surface area contributed by atoms with Crippen molar-refractivity contribution in [2.75, 3.05) is 5.75 Å². The third-order valence-electron chi connectivity index (χ3n) is 2.00. The minimum Gasteiger partial charge on any atom is -0.491 e. The van der Waals surface area contributed by atoms with Gasteiger partial charge in [0.2, 0.25) is 0 Å². The Morgan fingerprint density at radius 2 is 2.00 bits per heavy atom. The van der Waals surface area contributed by atoms with Gasteiger partial charge in [0.15, 0.2) is 0 Å². The van der Waals surface area contributed by atoms with Crippen molar-refractivity contribution >= 4 is 17.7 Å². The summed E-state index contributed by atoms with van der Waals surface area (Å²) in [4.78, 5) is 11.5. The van der Waals surface area contributed by atoms with Crippen LogP contribution in [-0.2, 0) is 4.79 Å². The maximum Gasteiger partial charge on any atom is 0.303 e. The fourth-order valence-corrected chi connectivity index (χ4v) is 2.15. The average Bonchev–Trinajstić information content (AvgIpc) is 2.25. The zero-order chi connectivity index (χ0) is 12.7. The van der Waals surface area contributed by atoms with Crippen LogP contribution in [0.15, 0.2) is 29.2 Å². The van der Waals surface area contributed by atoms with Gasteiger partial charge in [0.05, 0.1) is 6.10 Å². The highest BCUT2D eigenvalue weighted by molar-refractivity contribution is 7.99. The molecule has 0 unspecified atom stereocenters. The molecule has 17 heavy (non-hydrogen) atoms. The van der Waals surface area contributed by atoms with Crippen LogP contribution in [0.5, 0.6) is 5.75 Å². The minimum atomic E-state index is -0.730. The molecule has 0 spiro atoms. The van der Waals surface area contributed by atoms with Crippen LogP contribution in [-0.4, -0.2) is 22.9 Å². The number of hydrogen-bond acceptors (Lipinski definition) is 3. The molecule has 0 fully saturated rings. The van der Waals surface area contributed by atoms with E-state index in [0.29, 0.717) is 6.42 Å². The van der Waals surface area contributed by atoms with E-state index < -0.39 is 5.97 Å². The summed E-state index contributed by atoms with van der Waals surface area (Å²) in [5.41, 5.74) is 0. The van der Waals surface area contributed by atoms with Gasteiger partial charge >= 0.3 is 5.97 Å². The van der Waals surface area contributed by atoms with Crippen molar-refractivity contribution in [1.29, 1.82) is 0 Å². The number of carboxylic acids is 1. The zero-order valence-electron chi connectivity index (χ0n) is 10.2. The summed E-state index contributed by atoms with van der Waals surface area (Å²) in [5, 5.41) is 8.51. The predicted molar refractivity (Wildman–Crippen MR) is 69.8 cm³/mol. The molecule has 0 aromatic heterocycles. The summed E-state index contributed by atoms with van der Waals surface area (Å²) in [5.74, 6) is 0.970. The van der Waals surface area contributed by atoms with Crippen molar-refractivity contribution in [3.8, 4) is 5.75 Å². The average molecular weight is 254 g/mol. The molecule has 0 amide bonds. The van der Waals surface area contributed by atoms with E-state index >= 15 is 0 Å². The molecule has 0 aliphatic heterocycles. The Morgan fingerprint density at radius 1 is 1.35 bits per heavy atom. The molecule has 0 heterocycles. The first-order valence-corrected chi connectivity index (χ1v) is 6.68. The van der Waals surface area contributed by atoms with Crippen molar-refractivity contribution in [2.24, 2.45) is 0 Å². The molecule has 0 bridgehead atoms. The Labute approximate surface area is 106 Å². The molecule has 1 aromatic rings. The number of aliphatic carboxylic acids is 1. The summed E-state index contributed by atoms with van der Waals surface area (Å²) in [6.07, 6.45) is 1.12. The second kappa shape index (κ2) is 7.22. The molecule has 1 aromatic carbocycles. The predicted octanol–water partition coefficient (Wildman–Crippen LogP) is 3.43. The van der Waals surface area contributed by atoms with Gasteiger partial charge in [0, 0.05) is 11.3 Å². The smallest absolute Gasteiger partial charge is 0.303 e. The van der Waals surface area contributed by atoms with Crippen LogP contribution in [0.3, 0.4) is 0 Å². The Morgan fingerprint density at radius 3 is 2.53 bits per heavy atom. The van der Waals surface area contributed by atoms with Crippen LogP contribution in [0.2, 0.25) is 0 Å². The van der Waals surface area contributed by atoms with Gasteiger partial charge in [-0.15, -0.1) is 11.8 Å². The molecule has 0 saturated carbocycles. The summed E-state index contributed by atoms with van der Waals surface area (Å²) >= 11 is 1.67. The van der Waals surface area contributed by atoms with Crippen LogP contribution in [0.1, 0.15) is 26.7 Å². The summed E-state index contributed by atoms with van der Waals surface area (Å²) in [6, 6.07) is 7.89. The third kappa shape index (κ3) is 6.22. The molecule has 0 saturated heterocycles. The standard InChI is InChI=1S/C13H18O3S/c1-10(2)16-11-5-7-12(8-6-11)17-9-3-4-13(14)15/h5-8,10H,3-4,9H2,1-2H3,(H,14,15). The van der Waals surface area contributed by atoms with E-state index in [4.69, 9.17) is 9.84 Å². The Kier molecular flexibility index (Phi) is 5.91. The van der Waals surface area contributed by atoms with Gasteiger partial charge in [-0.3, -0.25) is 4.79 Å². The molecule has 4 heteroatoms. The first-order valence-electron chi connectivity index (χ1n) is 5.69. The lowest BCUT2D eigenvalue weighted by Crippen LogP contribution is -2.05. The van der Waals surface area contributed by atoms with Gasteiger partial charge in [-0.2, -0.15) is 0 Å². The second-order valence-corrected chi connectivity index (χ2v) is 5.15. The van der Waals surface area contributed by atoms with E-state index in [0.717, 1.165) is 16.4 Å². The highest BCUT2D eigenvalue weighted by Crippen LogP contribution is 2.22. The molecular formula is C13H18O3S. The highest BCUT2D eigenvalue weighted by Gasteiger charge is 2.00. The van der Waals surface area contributed by atoms with Gasteiger partial charge in [-0.25, -0.2) is 0 Å². The quantitative estimate of drug-likeness (QED) is 0.598. The van der Waals surface area contributed by atoms with Crippen molar-refractivity contribution in [3.05, 3.63) is 24.3 Å². The first-order chi connectivity index (χ1) is 8.08. The van der Waals surface area contributed by atoms with Crippen LogP contribution in [0, 0.1) is 0 Å². The Balaban J connectivity index is 2.32. The van der Waals surface area contributed by atoms with Crippen LogP contribution in [0.25, 0.3) is 0 Å². The number of thioether (sulfide) groups is 1. The summed E-state index contributed by atoms with van der Waals surface area (Å²) in [6.45, 7) is 3.99. The van der Waals surface area contributed by atoms with Gasteiger partial charge < -0.3 is 9.84 Å². The second-order valence-electron chi connectivity index (χ2n) is 3.98. The lowest BCUT2D eigenvalue weighted by molar-refractivity contribution is -0.137. The fraction of sp³-hybridized carbons (Fsp3) is 0.462. The number of ether oxygens (including phenoxy) is 1. The van der Waals surface area contributed by atoms with E-state index in [1.54, 1.807) is 11.8 Å². The van der Waals surface area contributed by atoms with Gasteiger partial charge in [-0.1, -0.05) is 0 Å². The van der Waals surface area contributed by atoms with Crippen molar-refractivity contribution in [2.45, 2.75) is 37.7 Å². The fourth-order valence-electron chi connectivity index (χ4n) is 1.30. The number of carbonyl (C=O) groups is 1. The number of rotatable bonds is 7. The van der Waals surface area contributed by atoms with Crippen LogP contribution in [0.4, 0.5) is 0 Å². The Hall–Kier alpha value is -1.16. The van der Waals surface area contributed by atoms with E-state index in [1.165, 1.54) is 0 Å². The van der Waals surface area contributed by atoms with E-state index in [-0.39, 0.29) is 12.5 Å². The van der Waals surface area contributed by atoms with Gasteiger partial charge in [0.25, 0.3) is 0 Å². The molecule has 1 rings (SSSR count). The molecular weight excluding hydrogens is 236 g/mol. The topological polar surface area (TPSA) is 46.5 Å². The molecule has 0 aliphatic carbocycles. The summed E-state index contributed by atoms with van der Waals surface area (Å²) < 4.78 is 5.54. The molecule has 0 aliphatic rings. The monoisotopic (exact) mass is 254 g/mol. The van der Waals surface area contributed by atoms with E-state index in [1.807, 2.05) is 38.1 Å². The van der Waals surface area contributed by atoms with Crippen molar-refractivity contribution in [1.82, 2.24) is 0 Å². The lowest BCUT2D eigenvalue weighted by atomic mass is 10.3. The molecule has 94 valence electrons. The SMILES string of the molecule is CC(C)Oc1ccc(SCCCC(=O)O)cc1. The van der Waals surface area contributed by atoms with Crippen LogP contribution >= 0.6 is 11.8 Å². The molecule has 0 atom stereocenters. The number of carboxylic acid groups (broad SMARTS) is 1. The normalized spacial score (nSPS) is 10.5. The first kappa shape index (κ1) is 13.9. The third-order valence-corrected chi connectivity index (χ3v) is 3.10. The van der Waals surface area contributed by atoms with Crippen LogP contribution < -0.4 is 4.74 Å². The molecule has 1 N–H and O–H groups in total. The van der Waals surface area contributed by atoms with E-state index in [2.05, 4.69) is 0 Å². The zero-order valence-corrected chi connectivity index (χ0v) is 11.0. The minimum absolute atomic E-state index is 0.184. The maximum atomic E-state index is 10.3. The molecule has 0 radical (unpaired) electrons. The van der Waals surface area contributed by atoms with Gasteiger partial charge in [0.1, 0.15) is 5.75 Å². The number of hydrogen-bond donors (Lipinski definition) is 1. The highest BCUT2D eigenvalue weighted by atomic mass is 32.2. The van der Waals surface area contributed by atoms with E-state index in [9.17, 15) is 4.79 Å². The largest absolute Gasteiger partial charge is 0.491 e. The van der Waals surface area contributed by atoms with Gasteiger partial charge in [-0.05, 0) is 50.3 Å².